The molecule has 5 rings (SSSR count). The molecule has 0 N–H and O–H groups in total. The van der Waals surface area contributed by atoms with Crippen LogP contribution in [0.2, 0.25) is 0 Å². The van der Waals surface area contributed by atoms with Crippen LogP contribution in [-0.4, -0.2) is 53.8 Å². The van der Waals surface area contributed by atoms with E-state index in [1.165, 1.54) is 0 Å². The first-order valence-corrected chi connectivity index (χ1v) is 12.4. The quantitative estimate of drug-likeness (QED) is 0.467. The summed E-state index contributed by atoms with van der Waals surface area (Å²) in [5, 5.41) is 0. The molecule has 7 nitrogen and oxygen atoms in total. The number of hydrogen-bond donors (Lipinski definition) is 0. The van der Waals surface area contributed by atoms with Crippen LogP contribution in [0, 0.1) is 0 Å². The number of aromatic nitrogens is 1. The summed E-state index contributed by atoms with van der Waals surface area (Å²) < 4.78 is 17.3. The molecule has 3 aromatic rings. The predicted molar refractivity (Wildman–Crippen MR) is 137 cm³/mol. The maximum Gasteiger partial charge on any atom is 0.411 e. The molecule has 2 aliphatic rings. The summed E-state index contributed by atoms with van der Waals surface area (Å²) >= 11 is 0. The summed E-state index contributed by atoms with van der Waals surface area (Å²) in [6, 6.07) is 19.9. The number of carbonyl (C=O) groups is 1. The van der Waals surface area contributed by atoms with Crippen molar-refractivity contribution in [1.29, 1.82) is 0 Å². The second-order valence-electron chi connectivity index (χ2n) is 9.70. The number of benzene rings is 2. The Bertz CT molecular complexity index is 1210. The van der Waals surface area contributed by atoms with Crippen LogP contribution in [0.25, 0.3) is 0 Å². The zero-order valence-electron chi connectivity index (χ0n) is 21.1. The monoisotopic (exact) mass is 487 g/mol. The number of carbonyl (C=O) groups excluding carboxylic acids is 1. The fourth-order valence-corrected chi connectivity index (χ4v) is 5.73. The highest BCUT2D eigenvalue weighted by Crippen LogP contribution is 2.52. The Morgan fingerprint density at radius 1 is 0.972 bits per heavy atom. The average Bonchev–Trinajstić information content (AvgIpc) is 3.12. The summed E-state index contributed by atoms with van der Waals surface area (Å²) in [7, 11) is 3.36. The van der Waals surface area contributed by atoms with E-state index in [4.69, 9.17) is 14.2 Å². The van der Waals surface area contributed by atoms with Crippen molar-refractivity contribution in [2.24, 2.45) is 0 Å². The number of nitrogens with zero attached hydrogens (tertiary/aromatic N) is 3. The zero-order valence-corrected chi connectivity index (χ0v) is 21.1. The van der Waals surface area contributed by atoms with Gasteiger partial charge in [0.05, 0.1) is 20.8 Å². The first-order chi connectivity index (χ1) is 17.5. The summed E-state index contributed by atoms with van der Waals surface area (Å²) in [6.07, 6.45) is 4.80. The molecule has 1 spiro atoms. The highest BCUT2D eigenvalue weighted by molar-refractivity contribution is 5.73. The standard InChI is InChI=1S/C29H33N3O4/c1-28(24-10-7-15-30-19-24)29(36-27(33)32(28)20-22-8-6-11-25(18-22)34-2)13-16-31(17-14-29)21-23-9-4-5-12-26(23)35-3/h4-12,15,18-19H,13-14,16-17,20-21H2,1-3H3. The molecular weight excluding hydrogens is 454 g/mol. The van der Waals surface area contributed by atoms with E-state index < -0.39 is 11.1 Å². The number of para-hydroxylation sites is 1. The number of hydrogen-bond acceptors (Lipinski definition) is 6. The molecule has 36 heavy (non-hydrogen) atoms. The van der Waals surface area contributed by atoms with Crippen LogP contribution in [0.1, 0.15) is 36.5 Å². The number of likely N-dealkylation sites (tertiary alicyclic amines) is 1. The summed E-state index contributed by atoms with van der Waals surface area (Å²) in [5.41, 5.74) is 1.82. The Labute approximate surface area is 212 Å². The third-order valence-electron chi connectivity index (χ3n) is 7.88. The fourth-order valence-electron chi connectivity index (χ4n) is 5.73. The Kier molecular flexibility index (Phi) is 6.58. The SMILES string of the molecule is COc1cccc(CN2C(=O)OC3(CCN(Cc4ccccc4OC)CC3)C2(C)c2cccnc2)c1. The minimum atomic E-state index is -0.669. The van der Waals surface area contributed by atoms with Gasteiger partial charge in [0.1, 0.15) is 22.6 Å². The molecule has 2 fully saturated rings. The fraction of sp³-hybridized carbons (Fsp3) is 0.379. The summed E-state index contributed by atoms with van der Waals surface area (Å²) in [6.45, 7) is 4.98. The van der Waals surface area contributed by atoms with Crippen LogP contribution in [-0.2, 0) is 23.4 Å². The highest BCUT2D eigenvalue weighted by Gasteiger charge is 2.63. The molecule has 2 aromatic carbocycles. The molecule has 1 aromatic heterocycles. The first kappa shape index (κ1) is 24.1. The van der Waals surface area contributed by atoms with Crippen LogP contribution < -0.4 is 9.47 Å². The number of rotatable bonds is 7. The molecule has 1 unspecified atom stereocenters. The lowest BCUT2D eigenvalue weighted by Crippen LogP contribution is -2.58. The minimum absolute atomic E-state index is 0.289. The Hall–Kier alpha value is -3.58. The molecule has 0 aliphatic carbocycles. The average molecular weight is 488 g/mol. The smallest absolute Gasteiger partial charge is 0.411 e. The van der Waals surface area contributed by atoms with Gasteiger partial charge < -0.3 is 14.2 Å². The topological polar surface area (TPSA) is 64.1 Å². The van der Waals surface area contributed by atoms with Gasteiger partial charge in [0, 0.05) is 50.4 Å². The van der Waals surface area contributed by atoms with E-state index in [0.29, 0.717) is 6.54 Å². The number of ether oxygens (including phenoxy) is 3. The Morgan fingerprint density at radius 3 is 2.50 bits per heavy atom. The van der Waals surface area contributed by atoms with Gasteiger partial charge in [-0.05, 0) is 42.3 Å². The lowest BCUT2D eigenvalue weighted by atomic mass is 9.70. The van der Waals surface area contributed by atoms with Crippen molar-refractivity contribution in [2.75, 3.05) is 27.3 Å². The van der Waals surface area contributed by atoms with Gasteiger partial charge in [-0.2, -0.15) is 0 Å². The van der Waals surface area contributed by atoms with Crippen molar-refractivity contribution in [2.45, 2.75) is 44.0 Å². The van der Waals surface area contributed by atoms with Crippen molar-refractivity contribution in [3.8, 4) is 11.5 Å². The summed E-state index contributed by atoms with van der Waals surface area (Å²) in [4.78, 5) is 22.1. The molecule has 3 heterocycles. The van der Waals surface area contributed by atoms with Crippen molar-refractivity contribution >= 4 is 6.09 Å². The Balaban J connectivity index is 1.43. The molecule has 0 bridgehead atoms. The van der Waals surface area contributed by atoms with E-state index in [-0.39, 0.29) is 6.09 Å². The largest absolute Gasteiger partial charge is 0.497 e. The van der Waals surface area contributed by atoms with E-state index in [1.54, 1.807) is 20.4 Å². The van der Waals surface area contributed by atoms with Gasteiger partial charge in [0.25, 0.3) is 0 Å². The highest BCUT2D eigenvalue weighted by atomic mass is 16.6. The minimum Gasteiger partial charge on any atom is -0.497 e. The van der Waals surface area contributed by atoms with Gasteiger partial charge in [-0.3, -0.25) is 14.8 Å². The molecule has 7 heteroatoms. The Morgan fingerprint density at radius 2 is 1.78 bits per heavy atom. The van der Waals surface area contributed by atoms with Crippen molar-refractivity contribution in [3.63, 3.8) is 0 Å². The van der Waals surface area contributed by atoms with Gasteiger partial charge in [-0.1, -0.05) is 36.4 Å². The zero-order chi connectivity index (χ0) is 25.2. The summed E-state index contributed by atoms with van der Waals surface area (Å²) in [5.74, 6) is 1.66. The molecule has 0 saturated carbocycles. The second-order valence-corrected chi connectivity index (χ2v) is 9.70. The van der Waals surface area contributed by atoms with Crippen molar-refractivity contribution in [1.82, 2.24) is 14.8 Å². The molecule has 2 aliphatic heterocycles. The van der Waals surface area contributed by atoms with Crippen LogP contribution in [0.5, 0.6) is 11.5 Å². The van der Waals surface area contributed by atoms with Crippen LogP contribution in [0.15, 0.2) is 73.1 Å². The van der Waals surface area contributed by atoms with E-state index in [9.17, 15) is 4.79 Å². The third kappa shape index (κ3) is 4.17. The maximum absolute atomic E-state index is 13.5. The number of methoxy groups -OCH3 is 2. The van der Waals surface area contributed by atoms with E-state index in [2.05, 4.69) is 28.9 Å². The van der Waals surface area contributed by atoms with Crippen molar-refractivity contribution in [3.05, 3.63) is 89.7 Å². The van der Waals surface area contributed by atoms with E-state index in [0.717, 1.165) is 60.7 Å². The van der Waals surface area contributed by atoms with E-state index >= 15 is 0 Å². The van der Waals surface area contributed by atoms with Crippen LogP contribution in [0.4, 0.5) is 4.79 Å². The van der Waals surface area contributed by atoms with Crippen LogP contribution in [0.3, 0.4) is 0 Å². The predicted octanol–water partition coefficient (Wildman–Crippen LogP) is 5.00. The third-order valence-corrected chi connectivity index (χ3v) is 7.88. The second kappa shape index (κ2) is 9.82. The molecule has 1 amide bonds. The van der Waals surface area contributed by atoms with Gasteiger partial charge in [-0.25, -0.2) is 4.79 Å². The first-order valence-electron chi connectivity index (χ1n) is 12.4. The van der Waals surface area contributed by atoms with Gasteiger partial charge >= 0.3 is 6.09 Å². The molecule has 188 valence electrons. The van der Waals surface area contributed by atoms with Crippen molar-refractivity contribution < 1.29 is 19.0 Å². The van der Waals surface area contributed by atoms with E-state index in [1.807, 2.05) is 59.6 Å². The maximum atomic E-state index is 13.5. The lowest BCUT2D eigenvalue weighted by molar-refractivity contribution is -0.0615. The van der Waals surface area contributed by atoms with Gasteiger partial charge in [-0.15, -0.1) is 0 Å². The lowest BCUT2D eigenvalue weighted by Gasteiger charge is -2.48. The van der Waals surface area contributed by atoms with Crippen LogP contribution >= 0.6 is 0 Å². The number of amides is 1. The normalized spacial score (nSPS) is 21.4. The number of pyridine rings is 1. The molecule has 0 radical (unpaired) electrons. The molecule has 2 saturated heterocycles. The number of piperidine rings is 1. The van der Waals surface area contributed by atoms with Gasteiger partial charge in [0.15, 0.2) is 0 Å². The molecule has 1 atom stereocenters. The van der Waals surface area contributed by atoms with Gasteiger partial charge in [0.2, 0.25) is 0 Å². The molecular formula is C29H33N3O4.